The van der Waals surface area contributed by atoms with Gasteiger partial charge in [-0.2, -0.15) is 18.3 Å². The molecule has 0 radical (unpaired) electrons. The predicted molar refractivity (Wildman–Crippen MR) is 78.5 cm³/mol. The zero-order valence-corrected chi connectivity index (χ0v) is 13.7. The minimum atomic E-state index is -4.45. The normalized spacial score (nSPS) is 11.7. The molecule has 0 fully saturated rings. The zero-order valence-electron chi connectivity index (χ0n) is 12.9. The summed E-state index contributed by atoms with van der Waals surface area (Å²) in [5.74, 6) is -0.427. The van der Waals surface area contributed by atoms with Gasteiger partial charge in [-0.15, -0.1) is 11.3 Å². The van der Waals surface area contributed by atoms with Gasteiger partial charge in [-0.05, 0) is 26.8 Å². The summed E-state index contributed by atoms with van der Waals surface area (Å²) in [5.41, 5.74) is 0.0883. The van der Waals surface area contributed by atoms with Crippen LogP contribution in [0.5, 0.6) is 0 Å². The van der Waals surface area contributed by atoms with E-state index in [-0.39, 0.29) is 13.2 Å². The van der Waals surface area contributed by atoms with E-state index in [4.69, 9.17) is 4.74 Å². The van der Waals surface area contributed by atoms with Crippen LogP contribution in [0.1, 0.15) is 38.7 Å². The van der Waals surface area contributed by atoms with Crippen molar-refractivity contribution in [3.05, 3.63) is 33.0 Å². The molecule has 126 valence electrons. The number of carbonyl (C=O) groups is 1. The Morgan fingerprint density at radius 1 is 1.39 bits per heavy atom. The highest BCUT2D eigenvalue weighted by atomic mass is 32.1. The molecule has 0 aliphatic rings. The molecule has 0 aromatic carbocycles. The number of carbonyl (C=O) groups excluding carboxylic acids is 1. The number of aryl methyl sites for hydroxylation is 4. The van der Waals surface area contributed by atoms with E-state index in [0.717, 1.165) is 6.07 Å². The molecule has 9 heteroatoms. The Balaban J connectivity index is 2.09. The van der Waals surface area contributed by atoms with Crippen LogP contribution in [0.3, 0.4) is 0 Å². The number of hydrogen-bond donors (Lipinski definition) is 0. The first-order chi connectivity index (χ1) is 10.7. The first kappa shape index (κ1) is 17.5. The minimum absolute atomic E-state index is 0.261. The summed E-state index contributed by atoms with van der Waals surface area (Å²) in [6.45, 7) is 5.52. The van der Waals surface area contributed by atoms with Crippen LogP contribution >= 0.6 is 11.3 Å². The maximum Gasteiger partial charge on any atom is 0.435 e. The van der Waals surface area contributed by atoms with E-state index in [1.54, 1.807) is 20.8 Å². The third-order valence-electron chi connectivity index (χ3n) is 3.11. The number of thiazole rings is 1. The third-order valence-corrected chi connectivity index (χ3v) is 4.31. The van der Waals surface area contributed by atoms with Crippen LogP contribution in [0, 0.1) is 13.8 Å². The molecule has 23 heavy (non-hydrogen) atoms. The summed E-state index contributed by atoms with van der Waals surface area (Å²) in [7, 11) is 0. The summed E-state index contributed by atoms with van der Waals surface area (Å²) in [6, 6.07) is 1.01. The van der Waals surface area contributed by atoms with Crippen molar-refractivity contribution < 1.29 is 22.7 Å². The highest BCUT2D eigenvalue weighted by molar-refractivity contribution is 7.13. The summed E-state index contributed by atoms with van der Waals surface area (Å²) in [4.78, 5) is 16.4. The monoisotopic (exact) mass is 347 g/mol. The quantitative estimate of drug-likeness (QED) is 0.778. The van der Waals surface area contributed by atoms with Gasteiger partial charge < -0.3 is 4.74 Å². The Bertz CT molecular complexity index is 707. The van der Waals surface area contributed by atoms with Gasteiger partial charge in [0.1, 0.15) is 4.88 Å². The van der Waals surface area contributed by atoms with E-state index in [1.165, 1.54) is 16.0 Å². The molecule has 0 N–H and O–H groups in total. The van der Waals surface area contributed by atoms with Gasteiger partial charge in [-0.3, -0.25) is 4.68 Å². The van der Waals surface area contributed by atoms with Gasteiger partial charge in [0.05, 0.1) is 17.3 Å². The summed E-state index contributed by atoms with van der Waals surface area (Å²) < 4.78 is 44.1. The first-order valence-electron chi connectivity index (χ1n) is 6.97. The number of aromatic nitrogens is 3. The van der Waals surface area contributed by atoms with Crippen molar-refractivity contribution in [1.29, 1.82) is 0 Å². The second-order valence-corrected chi connectivity index (χ2v) is 5.97. The first-order valence-corrected chi connectivity index (χ1v) is 7.79. The molecular formula is C14H16F3N3O2S. The fraction of sp³-hybridized carbons (Fsp3) is 0.500. The molecule has 0 saturated heterocycles. The smallest absolute Gasteiger partial charge is 0.435 e. The van der Waals surface area contributed by atoms with Crippen LogP contribution in [0.2, 0.25) is 0 Å². The van der Waals surface area contributed by atoms with Gasteiger partial charge in [0, 0.05) is 18.7 Å². The van der Waals surface area contributed by atoms with Crippen LogP contribution < -0.4 is 0 Å². The molecule has 0 bridgehead atoms. The minimum Gasteiger partial charge on any atom is -0.462 e. The predicted octanol–water partition coefficient (Wildman–Crippen LogP) is 3.39. The van der Waals surface area contributed by atoms with Crippen molar-refractivity contribution in [2.24, 2.45) is 0 Å². The summed E-state index contributed by atoms with van der Waals surface area (Å²) in [5, 5.41) is 4.23. The molecule has 2 aromatic heterocycles. The molecule has 0 spiro atoms. The molecular weight excluding hydrogens is 331 g/mol. The Kier molecular flexibility index (Phi) is 5.08. The molecule has 0 saturated carbocycles. The molecule has 0 atom stereocenters. The second-order valence-electron chi connectivity index (χ2n) is 4.88. The van der Waals surface area contributed by atoms with Crippen LogP contribution in [-0.4, -0.2) is 27.3 Å². The van der Waals surface area contributed by atoms with E-state index in [1.807, 2.05) is 0 Å². The van der Waals surface area contributed by atoms with E-state index >= 15 is 0 Å². The van der Waals surface area contributed by atoms with Gasteiger partial charge >= 0.3 is 12.1 Å². The van der Waals surface area contributed by atoms with Crippen LogP contribution in [0.15, 0.2) is 6.07 Å². The summed E-state index contributed by atoms with van der Waals surface area (Å²) in [6.07, 6.45) is -4.06. The number of rotatable bonds is 5. The SMILES string of the molecule is CCOC(=O)c1sc(CCn2nc(C(F)(F)F)cc2C)nc1C. The maximum atomic E-state index is 12.6. The van der Waals surface area contributed by atoms with E-state index < -0.39 is 17.8 Å². The molecule has 5 nitrogen and oxygen atoms in total. The van der Waals surface area contributed by atoms with Crippen LogP contribution in [-0.2, 0) is 23.9 Å². The number of esters is 1. The molecule has 0 aliphatic carbocycles. The Morgan fingerprint density at radius 3 is 2.65 bits per heavy atom. The van der Waals surface area contributed by atoms with Gasteiger partial charge in [-0.1, -0.05) is 0 Å². The lowest BCUT2D eigenvalue weighted by atomic mass is 10.3. The molecule has 2 heterocycles. The van der Waals surface area contributed by atoms with E-state index in [9.17, 15) is 18.0 Å². The molecule has 0 unspecified atom stereocenters. The fourth-order valence-corrected chi connectivity index (χ4v) is 2.97. The number of hydrogen-bond acceptors (Lipinski definition) is 5. The average molecular weight is 347 g/mol. The standard InChI is InChI=1S/C14H16F3N3O2S/c1-4-22-13(21)12-9(3)18-11(23-12)5-6-20-8(2)7-10(19-20)14(15,16)17/h7H,4-6H2,1-3H3. The lowest BCUT2D eigenvalue weighted by molar-refractivity contribution is -0.141. The number of alkyl halides is 3. The lowest BCUT2D eigenvalue weighted by Crippen LogP contribution is -2.09. The Morgan fingerprint density at radius 2 is 2.09 bits per heavy atom. The van der Waals surface area contributed by atoms with Crippen molar-refractivity contribution in [3.8, 4) is 0 Å². The Labute approximate surface area is 135 Å². The highest BCUT2D eigenvalue weighted by Gasteiger charge is 2.34. The highest BCUT2D eigenvalue weighted by Crippen LogP contribution is 2.28. The third kappa shape index (κ3) is 4.10. The largest absolute Gasteiger partial charge is 0.462 e. The van der Waals surface area contributed by atoms with Gasteiger partial charge in [-0.25, -0.2) is 9.78 Å². The van der Waals surface area contributed by atoms with Gasteiger partial charge in [0.25, 0.3) is 0 Å². The van der Waals surface area contributed by atoms with Crippen LogP contribution in [0.4, 0.5) is 13.2 Å². The second kappa shape index (κ2) is 6.69. The van der Waals surface area contributed by atoms with E-state index in [0.29, 0.717) is 27.7 Å². The fourth-order valence-electron chi connectivity index (χ4n) is 2.02. The van der Waals surface area contributed by atoms with Gasteiger partial charge in [0.2, 0.25) is 0 Å². The topological polar surface area (TPSA) is 57.0 Å². The van der Waals surface area contributed by atoms with Crippen LogP contribution in [0.25, 0.3) is 0 Å². The molecule has 2 aromatic rings. The van der Waals surface area contributed by atoms with Gasteiger partial charge in [0.15, 0.2) is 5.69 Å². The zero-order chi connectivity index (χ0) is 17.2. The molecule has 0 aliphatic heterocycles. The van der Waals surface area contributed by atoms with Crippen molar-refractivity contribution in [2.45, 2.75) is 39.9 Å². The molecule has 2 rings (SSSR count). The van der Waals surface area contributed by atoms with E-state index in [2.05, 4.69) is 10.1 Å². The number of nitrogens with zero attached hydrogens (tertiary/aromatic N) is 3. The van der Waals surface area contributed by atoms with Crippen molar-refractivity contribution in [3.63, 3.8) is 0 Å². The average Bonchev–Trinajstić information content (AvgIpc) is 2.99. The van der Waals surface area contributed by atoms with Crippen molar-refractivity contribution >= 4 is 17.3 Å². The Hall–Kier alpha value is -1.90. The van der Waals surface area contributed by atoms with Crippen molar-refractivity contribution in [2.75, 3.05) is 6.61 Å². The maximum absolute atomic E-state index is 12.6. The lowest BCUT2D eigenvalue weighted by Gasteiger charge is -2.03. The van der Waals surface area contributed by atoms with Crippen molar-refractivity contribution in [1.82, 2.24) is 14.8 Å². The molecule has 0 amide bonds. The number of ether oxygens (including phenoxy) is 1. The summed E-state index contributed by atoms with van der Waals surface area (Å²) >= 11 is 1.20. The number of halogens is 3.